The lowest BCUT2D eigenvalue weighted by molar-refractivity contribution is -0.123. The van der Waals surface area contributed by atoms with Crippen molar-refractivity contribution < 1.29 is 9.53 Å². The Labute approximate surface area is 104 Å². The highest BCUT2D eigenvalue weighted by atomic mass is 16.5. The van der Waals surface area contributed by atoms with Crippen molar-refractivity contribution in [3.63, 3.8) is 0 Å². The molecule has 100 valence electrons. The van der Waals surface area contributed by atoms with E-state index in [2.05, 4.69) is 17.6 Å². The van der Waals surface area contributed by atoms with E-state index in [4.69, 9.17) is 4.74 Å². The lowest BCUT2D eigenvalue weighted by Crippen LogP contribution is -2.57. The van der Waals surface area contributed by atoms with Gasteiger partial charge in [0.2, 0.25) is 5.91 Å². The van der Waals surface area contributed by atoms with Crippen LogP contribution in [0.2, 0.25) is 0 Å². The number of methoxy groups -OCH3 is 1. The molecule has 0 aromatic rings. The van der Waals surface area contributed by atoms with Crippen LogP contribution >= 0.6 is 0 Å². The molecular formula is C13H26N2O2. The number of nitrogens with one attached hydrogen (secondary N) is 2. The van der Waals surface area contributed by atoms with Crippen LogP contribution in [0.15, 0.2) is 0 Å². The maximum absolute atomic E-state index is 11.8. The van der Waals surface area contributed by atoms with Gasteiger partial charge in [0.1, 0.15) is 0 Å². The van der Waals surface area contributed by atoms with Gasteiger partial charge in [-0.25, -0.2) is 0 Å². The molecule has 0 aromatic heterocycles. The average molecular weight is 242 g/mol. The number of hydrogen-bond acceptors (Lipinski definition) is 3. The molecule has 17 heavy (non-hydrogen) atoms. The Bertz CT molecular complexity index is 234. The minimum atomic E-state index is -0.0993. The molecule has 1 atom stereocenters. The highest BCUT2D eigenvalue weighted by Crippen LogP contribution is 2.34. The van der Waals surface area contributed by atoms with Gasteiger partial charge in [0.05, 0.1) is 6.04 Å². The summed E-state index contributed by atoms with van der Waals surface area (Å²) < 4.78 is 4.94. The molecule has 1 fully saturated rings. The molecule has 0 aliphatic heterocycles. The van der Waals surface area contributed by atoms with Gasteiger partial charge in [-0.3, -0.25) is 4.79 Å². The minimum absolute atomic E-state index is 0.0980. The van der Waals surface area contributed by atoms with E-state index in [0.717, 1.165) is 12.8 Å². The molecule has 0 saturated heterocycles. The number of amides is 1. The van der Waals surface area contributed by atoms with Gasteiger partial charge in [-0.2, -0.15) is 0 Å². The second kappa shape index (κ2) is 6.97. The first-order valence-corrected chi connectivity index (χ1v) is 6.68. The fourth-order valence-corrected chi connectivity index (χ4v) is 2.31. The summed E-state index contributed by atoms with van der Waals surface area (Å²) >= 11 is 0. The monoisotopic (exact) mass is 242 g/mol. The number of rotatable bonds is 8. The van der Waals surface area contributed by atoms with Crippen molar-refractivity contribution in [2.24, 2.45) is 0 Å². The van der Waals surface area contributed by atoms with Crippen LogP contribution in [0.25, 0.3) is 0 Å². The first kappa shape index (κ1) is 14.5. The molecule has 0 aromatic carbocycles. The van der Waals surface area contributed by atoms with Crippen LogP contribution in [0, 0.1) is 0 Å². The van der Waals surface area contributed by atoms with E-state index in [1.54, 1.807) is 7.11 Å². The van der Waals surface area contributed by atoms with E-state index in [0.29, 0.717) is 13.2 Å². The standard InChI is InChI=1S/C13H26N2O2/c1-4-13(7-5-8-13)15-11(2)12(16)14-9-6-10-17-3/h11,15H,4-10H2,1-3H3,(H,14,16). The first-order chi connectivity index (χ1) is 8.13. The fourth-order valence-electron chi connectivity index (χ4n) is 2.31. The highest BCUT2D eigenvalue weighted by molar-refractivity contribution is 5.81. The summed E-state index contributed by atoms with van der Waals surface area (Å²) in [5.74, 6) is 0.0980. The van der Waals surface area contributed by atoms with Crippen molar-refractivity contribution in [3.8, 4) is 0 Å². The third-order valence-electron chi connectivity index (χ3n) is 3.73. The average Bonchev–Trinajstić information content (AvgIpc) is 2.28. The second-order valence-corrected chi connectivity index (χ2v) is 4.99. The maximum Gasteiger partial charge on any atom is 0.236 e. The predicted molar refractivity (Wildman–Crippen MR) is 69.0 cm³/mol. The Hall–Kier alpha value is -0.610. The minimum Gasteiger partial charge on any atom is -0.385 e. The number of carbonyl (C=O) groups is 1. The van der Waals surface area contributed by atoms with Gasteiger partial charge in [0, 0.05) is 25.8 Å². The number of carbonyl (C=O) groups excluding carboxylic acids is 1. The van der Waals surface area contributed by atoms with Gasteiger partial charge in [-0.15, -0.1) is 0 Å². The molecular weight excluding hydrogens is 216 g/mol. The summed E-state index contributed by atoms with van der Waals surface area (Å²) in [6.45, 7) is 5.52. The van der Waals surface area contributed by atoms with E-state index < -0.39 is 0 Å². The van der Waals surface area contributed by atoms with Crippen molar-refractivity contribution in [2.75, 3.05) is 20.3 Å². The molecule has 4 nitrogen and oxygen atoms in total. The van der Waals surface area contributed by atoms with Crippen LogP contribution in [0.5, 0.6) is 0 Å². The predicted octanol–water partition coefficient (Wildman–Crippen LogP) is 1.45. The lowest BCUT2D eigenvalue weighted by atomic mass is 9.74. The number of hydrogen-bond donors (Lipinski definition) is 2. The van der Waals surface area contributed by atoms with Crippen LogP contribution in [0.3, 0.4) is 0 Å². The molecule has 0 heterocycles. The zero-order valence-corrected chi connectivity index (χ0v) is 11.3. The van der Waals surface area contributed by atoms with Gasteiger partial charge in [0.25, 0.3) is 0 Å². The van der Waals surface area contributed by atoms with E-state index in [1.807, 2.05) is 6.92 Å². The quantitative estimate of drug-likeness (QED) is 0.633. The van der Waals surface area contributed by atoms with Gasteiger partial charge >= 0.3 is 0 Å². The van der Waals surface area contributed by atoms with E-state index in [1.165, 1.54) is 19.3 Å². The molecule has 2 N–H and O–H groups in total. The van der Waals surface area contributed by atoms with Crippen molar-refractivity contribution in [1.82, 2.24) is 10.6 Å². The van der Waals surface area contributed by atoms with Crippen LogP contribution in [0.4, 0.5) is 0 Å². The SMILES string of the molecule is CCC1(NC(C)C(=O)NCCCOC)CCC1. The van der Waals surface area contributed by atoms with Crippen LogP contribution in [0.1, 0.15) is 46.0 Å². The van der Waals surface area contributed by atoms with Gasteiger partial charge in [0.15, 0.2) is 0 Å². The highest BCUT2D eigenvalue weighted by Gasteiger charge is 2.36. The molecule has 1 amide bonds. The smallest absolute Gasteiger partial charge is 0.236 e. The third kappa shape index (κ3) is 4.28. The zero-order valence-electron chi connectivity index (χ0n) is 11.3. The molecule has 1 aliphatic rings. The van der Waals surface area contributed by atoms with Crippen molar-refractivity contribution in [2.45, 2.75) is 57.5 Å². The molecule has 0 radical (unpaired) electrons. The Morgan fingerprint density at radius 3 is 2.65 bits per heavy atom. The number of ether oxygens (including phenoxy) is 1. The summed E-state index contributed by atoms with van der Waals surface area (Å²) in [4.78, 5) is 11.8. The lowest BCUT2D eigenvalue weighted by Gasteiger charge is -2.44. The second-order valence-electron chi connectivity index (χ2n) is 4.99. The summed E-state index contributed by atoms with van der Waals surface area (Å²) in [7, 11) is 1.67. The summed E-state index contributed by atoms with van der Waals surface area (Å²) in [5.41, 5.74) is 0.225. The largest absolute Gasteiger partial charge is 0.385 e. The Balaban J connectivity index is 2.22. The Morgan fingerprint density at radius 1 is 1.47 bits per heavy atom. The van der Waals surface area contributed by atoms with E-state index in [-0.39, 0.29) is 17.5 Å². The Morgan fingerprint density at radius 2 is 2.18 bits per heavy atom. The van der Waals surface area contributed by atoms with Crippen LogP contribution < -0.4 is 10.6 Å². The maximum atomic E-state index is 11.8. The summed E-state index contributed by atoms with van der Waals surface area (Å²) in [6.07, 6.45) is 5.65. The topological polar surface area (TPSA) is 50.4 Å². The van der Waals surface area contributed by atoms with E-state index >= 15 is 0 Å². The Kier molecular flexibility index (Phi) is 5.92. The van der Waals surface area contributed by atoms with Gasteiger partial charge in [-0.05, 0) is 39.0 Å². The van der Waals surface area contributed by atoms with Crippen LogP contribution in [-0.4, -0.2) is 37.7 Å². The first-order valence-electron chi connectivity index (χ1n) is 6.68. The normalized spacial score (nSPS) is 19.5. The molecule has 1 saturated carbocycles. The fraction of sp³-hybridized carbons (Fsp3) is 0.923. The summed E-state index contributed by atoms with van der Waals surface area (Å²) in [5, 5.41) is 6.41. The third-order valence-corrected chi connectivity index (χ3v) is 3.73. The summed E-state index contributed by atoms with van der Waals surface area (Å²) in [6, 6.07) is -0.0993. The van der Waals surface area contributed by atoms with Crippen molar-refractivity contribution in [3.05, 3.63) is 0 Å². The van der Waals surface area contributed by atoms with Crippen LogP contribution in [-0.2, 0) is 9.53 Å². The van der Waals surface area contributed by atoms with E-state index in [9.17, 15) is 4.79 Å². The van der Waals surface area contributed by atoms with Crippen molar-refractivity contribution >= 4 is 5.91 Å². The molecule has 0 spiro atoms. The molecule has 1 aliphatic carbocycles. The molecule has 0 bridgehead atoms. The molecule has 1 unspecified atom stereocenters. The molecule has 4 heteroatoms. The van der Waals surface area contributed by atoms with Crippen molar-refractivity contribution in [1.29, 1.82) is 0 Å². The van der Waals surface area contributed by atoms with Gasteiger partial charge < -0.3 is 15.4 Å². The molecule has 1 rings (SSSR count). The van der Waals surface area contributed by atoms with Gasteiger partial charge in [-0.1, -0.05) is 6.92 Å². The zero-order chi connectivity index (χ0) is 12.7.